The molecule has 0 bridgehead atoms. The SMILES string of the molecule is COc1ccc(S(=O)(=O)NCC2(c3ccccc3)CCOCC2)cc1C(C)C. The first kappa shape index (κ1) is 20.8. The van der Waals surface area contributed by atoms with Crippen molar-refractivity contribution < 1.29 is 17.9 Å². The lowest BCUT2D eigenvalue weighted by Crippen LogP contribution is -2.44. The average Bonchev–Trinajstić information content (AvgIpc) is 2.73. The van der Waals surface area contributed by atoms with Gasteiger partial charge in [-0.15, -0.1) is 0 Å². The number of hydrogen-bond acceptors (Lipinski definition) is 4. The molecule has 0 unspecified atom stereocenters. The summed E-state index contributed by atoms with van der Waals surface area (Å²) in [6.07, 6.45) is 1.58. The van der Waals surface area contributed by atoms with Crippen LogP contribution in [0.2, 0.25) is 0 Å². The molecule has 0 radical (unpaired) electrons. The van der Waals surface area contributed by atoms with Gasteiger partial charge in [-0.3, -0.25) is 0 Å². The van der Waals surface area contributed by atoms with E-state index in [4.69, 9.17) is 9.47 Å². The zero-order valence-corrected chi connectivity index (χ0v) is 17.6. The second-order valence-electron chi connectivity index (χ2n) is 7.64. The molecular weight excluding hydrogens is 374 g/mol. The minimum atomic E-state index is -3.63. The number of methoxy groups -OCH3 is 1. The number of hydrogen-bond donors (Lipinski definition) is 1. The molecule has 1 heterocycles. The van der Waals surface area contributed by atoms with Crippen molar-refractivity contribution in [2.75, 3.05) is 26.9 Å². The largest absolute Gasteiger partial charge is 0.496 e. The summed E-state index contributed by atoms with van der Waals surface area (Å²) in [6, 6.07) is 15.2. The van der Waals surface area contributed by atoms with Gasteiger partial charge < -0.3 is 9.47 Å². The summed E-state index contributed by atoms with van der Waals surface area (Å²) in [5.41, 5.74) is 1.78. The Kier molecular flexibility index (Phi) is 6.43. The van der Waals surface area contributed by atoms with Crippen LogP contribution in [0.15, 0.2) is 53.4 Å². The topological polar surface area (TPSA) is 64.6 Å². The molecule has 2 aromatic carbocycles. The second kappa shape index (κ2) is 8.64. The molecule has 0 saturated carbocycles. The zero-order chi connectivity index (χ0) is 20.2. The van der Waals surface area contributed by atoms with Crippen LogP contribution < -0.4 is 9.46 Å². The van der Waals surface area contributed by atoms with Gasteiger partial charge in [0.05, 0.1) is 12.0 Å². The molecule has 1 fully saturated rings. The van der Waals surface area contributed by atoms with Gasteiger partial charge in [-0.05, 0) is 48.1 Å². The van der Waals surface area contributed by atoms with E-state index in [2.05, 4.69) is 16.9 Å². The number of benzene rings is 2. The molecule has 5 nitrogen and oxygen atoms in total. The van der Waals surface area contributed by atoms with Crippen molar-refractivity contribution in [2.24, 2.45) is 0 Å². The minimum Gasteiger partial charge on any atom is -0.496 e. The van der Waals surface area contributed by atoms with Crippen LogP contribution in [0.5, 0.6) is 5.75 Å². The predicted molar refractivity (Wildman–Crippen MR) is 110 cm³/mol. The standard InChI is InChI=1S/C22H29NO4S/c1-17(2)20-15-19(9-10-21(20)26-3)28(24,25)23-16-22(11-13-27-14-12-22)18-7-5-4-6-8-18/h4-10,15,17,23H,11-14,16H2,1-3H3. The molecule has 6 heteroatoms. The van der Waals surface area contributed by atoms with E-state index in [0.29, 0.717) is 25.5 Å². The maximum atomic E-state index is 13.0. The highest BCUT2D eigenvalue weighted by atomic mass is 32.2. The first-order chi connectivity index (χ1) is 13.4. The molecule has 0 spiro atoms. The van der Waals surface area contributed by atoms with Crippen molar-refractivity contribution in [3.8, 4) is 5.75 Å². The quantitative estimate of drug-likeness (QED) is 0.763. The summed E-state index contributed by atoms with van der Waals surface area (Å²) in [6.45, 7) is 5.67. The molecule has 152 valence electrons. The van der Waals surface area contributed by atoms with Crippen LogP contribution in [0.1, 0.15) is 43.7 Å². The third-order valence-electron chi connectivity index (χ3n) is 5.57. The summed E-state index contributed by atoms with van der Waals surface area (Å²) >= 11 is 0. The molecule has 1 saturated heterocycles. The van der Waals surface area contributed by atoms with Gasteiger partial charge in [0.15, 0.2) is 0 Å². The fraction of sp³-hybridized carbons (Fsp3) is 0.455. The Labute approximate surface area is 168 Å². The van der Waals surface area contributed by atoms with E-state index < -0.39 is 10.0 Å². The normalized spacial score (nSPS) is 16.9. The first-order valence-electron chi connectivity index (χ1n) is 9.69. The van der Waals surface area contributed by atoms with Gasteiger partial charge in [0.1, 0.15) is 5.75 Å². The Morgan fingerprint density at radius 3 is 2.39 bits per heavy atom. The summed E-state index contributed by atoms with van der Waals surface area (Å²) in [4.78, 5) is 0.271. The maximum absolute atomic E-state index is 13.0. The Morgan fingerprint density at radius 2 is 1.79 bits per heavy atom. The predicted octanol–water partition coefficient (Wildman–Crippen LogP) is 3.85. The number of rotatable bonds is 7. The first-order valence-corrected chi connectivity index (χ1v) is 11.2. The third-order valence-corrected chi connectivity index (χ3v) is 6.97. The second-order valence-corrected chi connectivity index (χ2v) is 9.41. The van der Waals surface area contributed by atoms with Crippen molar-refractivity contribution in [1.82, 2.24) is 4.72 Å². The lowest BCUT2D eigenvalue weighted by atomic mass is 9.74. The fourth-order valence-electron chi connectivity index (χ4n) is 3.77. The summed E-state index contributed by atoms with van der Waals surface area (Å²) in [5, 5.41) is 0. The van der Waals surface area contributed by atoms with Crippen LogP contribution in [-0.2, 0) is 20.2 Å². The van der Waals surface area contributed by atoms with Crippen molar-refractivity contribution >= 4 is 10.0 Å². The number of ether oxygens (including phenoxy) is 2. The van der Waals surface area contributed by atoms with Crippen molar-refractivity contribution in [1.29, 1.82) is 0 Å². The summed E-state index contributed by atoms with van der Waals surface area (Å²) in [5.74, 6) is 0.871. The van der Waals surface area contributed by atoms with E-state index in [0.717, 1.165) is 24.0 Å². The monoisotopic (exact) mass is 403 g/mol. The molecule has 0 amide bonds. The highest BCUT2D eigenvalue weighted by Crippen LogP contribution is 2.35. The van der Waals surface area contributed by atoms with E-state index in [1.807, 2.05) is 32.0 Å². The van der Waals surface area contributed by atoms with Crippen molar-refractivity contribution in [3.63, 3.8) is 0 Å². The summed E-state index contributed by atoms with van der Waals surface area (Å²) < 4.78 is 39.9. The third kappa shape index (κ3) is 4.40. The van der Waals surface area contributed by atoms with Crippen LogP contribution in [0, 0.1) is 0 Å². The molecule has 1 aliphatic rings. The molecule has 2 aromatic rings. The molecule has 28 heavy (non-hydrogen) atoms. The molecular formula is C22H29NO4S. The Hall–Kier alpha value is -1.89. The van der Waals surface area contributed by atoms with Gasteiger partial charge in [0.25, 0.3) is 0 Å². The molecule has 1 aliphatic heterocycles. The Bertz CT molecular complexity index is 888. The maximum Gasteiger partial charge on any atom is 0.240 e. The molecule has 0 atom stereocenters. The highest BCUT2D eigenvalue weighted by Gasteiger charge is 2.35. The van der Waals surface area contributed by atoms with E-state index in [-0.39, 0.29) is 16.2 Å². The van der Waals surface area contributed by atoms with E-state index in [1.54, 1.807) is 25.3 Å². The van der Waals surface area contributed by atoms with Gasteiger partial charge in [0, 0.05) is 25.2 Å². The number of sulfonamides is 1. The van der Waals surface area contributed by atoms with Gasteiger partial charge >= 0.3 is 0 Å². The van der Waals surface area contributed by atoms with E-state index in [1.165, 1.54) is 0 Å². The van der Waals surface area contributed by atoms with Gasteiger partial charge in [-0.25, -0.2) is 13.1 Å². The zero-order valence-electron chi connectivity index (χ0n) is 16.8. The molecule has 0 aromatic heterocycles. The van der Waals surface area contributed by atoms with Crippen LogP contribution in [-0.4, -0.2) is 35.3 Å². The van der Waals surface area contributed by atoms with Crippen LogP contribution in [0.3, 0.4) is 0 Å². The van der Waals surface area contributed by atoms with Crippen LogP contribution in [0.4, 0.5) is 0 Å². The van der Waals surface area contributed by atoms with Gasteiger partial charge in [0.2, 0.25) is 10.0 Å². The summed E-state index contributed by atoms with van der Waals surface area (Å²) in [7, 11) is -2.03. The Morgan fingerprint density at radius 1 is 1.11 bits per heavy atom. The molecule has 1 N–H and O–H groups in total. The lowest BCUT2D eigenvalue weighted by Gasteiger charge is -2.37. The number of nitrogens with one attached hydrogen (secondary N) is 1. The Balaban J connectivity index is 1.86. The van der Waals surface area contributed by atoms with E-state index in [9.17, 15) is 8.42 Å². The average molecular weight is 404 g/mol. The van der Waals surface area contributed by atoms with Crippen LogP contribution >= 0.6 is 0 Å². The minimum absolute atomic E-state index is 0.163. The highest BCUT2D eigenvalue weighted by molar-refractivity contribution is 7.89. The van der Waals surface area contributed by atoms with Gasteiger partial charge in [-0.1, -0.05) is 44.2 Å². The smallest absolute Gasteiger partial charge is 0.240 e. The van der Waals surface area contributed by atoms with Gasteiger partial charge in [-0.2, -0.15) is 0 Å². The molecule has 3 rings (SSSR count). The van der Waals surface area contributed by atoms with E-state index >= 15 is 0 Å². The molecule has 0 aliphatic carbocycles. The van der Waals surface area contributed by atoms with Crippen molar-refractivity contribution in [2.45, 2.75) is 42.9 Å². The van der Waals surface area contributed by atoms with Crippen LogP contribution in [0.25, 0.3) is 0 Å². The lowest BCUT2D eigenvalue weighted by molar-refractivity contribution is 0.0517. The van der Waals surface area contributed by atoms with Crippen molar-refractivity contribution in [3.05, 3.63) is 59.7 Å². The fourth-order valence-corrected chi connectivity index (χ4v) is 4.93.